The summed E-state index contributed by atoms with van der Waals surface area (Å²) in [7, 11) is 0. The van der Waals surface area contributed by atoms with E-state index in [1.807, 2.05) is 18.2 Å². The van der Waals surface area contributed by atoms with Gasteiger partial charge in [-0.2, -0.15) is 0 Å². The molecule has 0 amide bonds. The van der Waals surface area contributed by atoms with Crippen molar-refractivity contribution in [2.24, 2.45) is 0 Å². The van der Waals surface area contributed by atoms with Crippen LogP contribution in [0.5, 0.6) is 0 Å². The molecule has 0 bridgehead atoms. The molecular weight excluding hydrogens is 314 g/mol. The van der Waals surface area contributed by atoms with Gasteiger partial charge in [-0.1, -0.05) is 6.07 Å². The Kier molecular flexibility index (Phi) is 20.6. The summed E-state index contributed by atoms with van der Waals surface area (Å²) in [6, 6.07) is 5.72. The van der Waals surface area contributed by atoms with Gasteiger partial charge in [0, 0.05) is 12.4 Å². The van der Waals surface area contributed by atoms with Gasteiger partial charge in [0.25, 0.3) is 0 Å². The first-order chi connectivity index (χ1) is 3.00. The molecule has 1 heterocycles. The molecule has 0 atom stereocenters. The molecule has 0 aliphatic heterocycles. The molecule has 0 aromatic carbocycles. The highest BCUT2D eigenvalue weighted by Crippen LogP contribution is 1.73. The Labute approximate surface area is 86.2 Å². The largest absolute Gasteiger partial charge is 1.00 e. The first kappa shape index (κ1) is 16.3. The monoisotopic (exact) mass is 316 g/mol. The minimum Gasteiger partial charge on any atom is -1.00 e. The van der Waals surface area contributed by atoms with Gasteiger partial charge in [0.1, 0.15) is 0 Å². The predicted octanol–water partition coefficient (Wildman–Crippen LogP) is -7.91. The van der Waals surface area contributed by atoms with Crippen LogP contribution < -0.4 is 50.9 Å². The number of rotatable bonds is 0. The fourth-order valence-corrected chi connectivity index (χ4v) is 0.313. The van der Waals surface area contributed by atoms with E-state index in [2.05, 4.69) is 4.98 Å². The van der Waals surface area contributed by atoms with Crippen LogP contribution in [0.2, 0.25) is 0 Å². The third-order valence-corrected chi connectivity index (χ3v) is 0.566. The van der Waals surface area contributed by atoms with Gasteiger partial charge in [-0.15, -0.1) is 0 Å². The Balaban J connectivity index is -0.000000120. The lowest BCUT2D eigenvalue weighted by molar-refractivity contribution is -0.00100. The molecule has 1 aromatic rings. The zero-order valence-corrected chi connectivity index (χ0v) is 9.23. The third kappa shape index (κ3) is 8.59. The van der Waals surface area contributed by atoms with Crippen molar-refractivity contribution in [3.05, 3.63) is 30.6 Å². The highest BCUT2D eigenvalue weighted by Gasteiger charge is 1.58. The standard InChI is InChI=1S/C5H5N.3BrH/c1-2-4-6-5-3-1;;;/h1-5H;3*1H/p-3. The SMILES string of the molecule is [Br-].[Br-].[Br-].c1ccncc1. The van der Waals surface area contributed by atoms with Crippen molar-refractivity contribution in [1.29, 1.82) is 0 Å². The van der Waals surface area contributed by atoms with Crippen molar-refractivity contribution in [2.45, 2.75) is 0 Å². The molecule has 1 aromatic heterocycles. The van der Waals surface area contributed by atoms with Crippen LogP contribution in [0.3, 0.4) is 0 Å². The first-order valence-electron chi connectivity index (χ1n) is 1.85. The summed E-state index contributed by atoms with van der Waals surface area (Å²) in [5, 5.41) is 0. The molecule has 1 rings (SSSR count). The fraction of sp³-hybridized carbons (Fsp3) is 0. The lowest BCUT2D eigenvalue weighted by Crippen LogP contribution is -3.00. The van der Waals surface area contributed by atoms with E-state index in [1.54, 1.807) is 12.4 Å². The van der Waals surface area contributed by atoms with Crippen LogP contribution in [0, 0.1) is 0 Å². The second kappa shape index (κ2) is 11.4. The lowest BCUT2D eigenvalue weighted by atomic mass is 10.5. The second-order valence-electron chi connectivity index (χ2n) is 1.02. The van der Waals surface area contributed by atoms with E-state index in [-0.39, 0.29) is 50.9 Å². The molecule has 0 unspecified atom stereocenters. The molecular formula is C5H5Br3N-3. The molecule has 54 valence electrons. The zero-order valence-electron chi connectivity index (χ0n) is 4.47. The van der Waals surface area contributed by atoms with Gasteiger partial charge in [-0.3, -0.25) is 4.98 Å². The van der Waals surface area contributed by atoms with Crippen molar-refractivity contribution in [3.8, 4) is 0 Å². The average Bonchev–Trinajstić information content (AvgIpc) is 1.72. The van der Waals surface area contributed by atoms with E-state index in [4.69, 9.17) is 0 Å². The summed E-state index contributed by atoms with van der Waals surface area (Å²) in [6.07, 6.45) is 3.50. The van der Waals surface area contributed by atoms with Crippen molar-refractivity contribution < 1.29 is 50.9 Å². The molecule has 0 radical (unpaired) electrons. The summed E-state index contributed by atoms with van der Waals surface area (Å²) >= 11 is 0. The smallest absolute Gasteiger partial charge is 0.0267 e. The van der Waals surface area contributed by atoms with Crippen LogP contribution in [0.1, 0.15) is 0 Å². The molecule has 0 saturated carbocycles. The maximum Gasteiger partial charge on any atom is 0.0267 e. The van der Waals surface area contributed by atoms with Crippen LogP contribution in [0.25, 0.3) is 0 Å². The lowest BCUT2D eigenvalue weighted by Gasteiger charge is -1.70. The number of nitrogens with zero attached hydrogens (tertiary/aromatic N) is 1. The minimum atomic E-state index is 0. The maximum absolute atomic E-state index is 3.78. The van der Waals surface area contributed by atoms with Crippen molar-refractivity contribution >= 4 is 0 Å². The normalized spacial score (nSPS) is 5.33. The van der Waals surface area contributed by atoms with Gasteiger partial charge in [0.05, 0.1) is 0 Å². The Morgan fingerprint density at radius 1 is 0.667 bits per heavy atom. The van der Waals surface area contributed by atoms with Crippen LogP contribution in [0.15, 0.2) is 30.6 Å². The molecule has 9 heavy (non-hydrogen) atoms. The van der Waals surface area contributed by atoms with Gasteiger partial charge in [-0.05, 0) is 12.1 Å². The van der Waals surface area contributed by atoms with Crippen LogP contribution in [0.4, 0.5) is 0 Å². The fourth-order valence-electron chi connectivity index (χ4n) is 0.313. The van der Waals surface area contributed by atoms with Crippen LogP contribution >= 0.6 is 0 Å². The van der Waals surface area contributed by atoms with Crippen molar-refractivity contribution in [1.82, 2.24) is 4.98 Å². The number of halogens is 3. The maximum atomic E-state index is 3.78. The summed E-state index contributed by atoms with van der Waals surface area (Å²) < 4.78 is 0. The van der Waals surface area contributed by atoms with Crippen molar-refractivity contribution in [2.75, 3.05) is 0 Å². The van der Waals surface area contributed by atoms with Gasteiger partial charge >= 0.3 is 0 Å². The number of hydrogen-bond donors (Lipinski definition) is 0. The van der Waals surface area contributed by atoms with E-state index in [0.29, 0.717) is 0 Å². The third-order valence-electron chi connectivity index (χ3n) is 0.566. The van der Waals surface area contributed by atoms with Crippen LogP contribution in [-0.4, -0.2) is 4.98 Å². The van der Waals surface area contributed by atoms with Crippen LogP contribution in [-0.2, 0) is 0 Å². The topological polar surface area (TPSA) is 12.9 Å². The summed E-state index contributed by atoms with van der Waals surface area (Å²) in [4.78, 5) is 3.78. The molecule has 0 N–H and O–H groups in total. The molecule has 4 heteroatoms. The zero-order chi connectivity index (χ0) is 4.24. The van der Waals surface area contributed by atoms with Gasteiger partial charge in [-0.25, -0.2) is 0 Å². The van der Waals surface area contributed by atoms with Gasteiger partial charge < -0.3 is 50.9 Å². The summed E-state index contributed by atoms with van der Waals surface area (Å²) in [5.41, 5.74) is 0. The number of aromatic nitrogens is 1. The quantitative estimate of drug-likeness (QED) is 0.463. The van der Waals surface area contributed by atoms with E-state index in [9.17, 15) is 0 Å². The van der Waals surface area contributed by atoms with E-state index in [0.717, 1.165) is 0 Å². The van der Waals surface area contributed by atoms with E-state index < -0.39 is 0 Å². The molecule has 0 saturated heterocycles. The summed E-state index contributed by atoms with van der Waals surface area (Å²) in [6.45, 7) is 0. The van der Waals surface area contributed by atoms with E-state index in [1.165, 1.54) is 0 Å². The van der Waals surface area contributed by atoms with Gasteiger partial charge in [0.2, 0.25) is 0 Å². The molecule has 1 nitrogen and oxygen atoms in total. The van der Waals surface area contributed by atoms with Gasteiger partial charge in [0.15, 0.2) is 0 Å². The molecule has 0 fully saturated rings. The Morgan fingerprint density at radius 2 is 1.11 bits per heavy atom. The first-order valence-corrected chi connectivity index (χ1v) is 1.85. The molecule has 0 aliphatic rings. The Hall–Kier alpha value is 0.590. The Morgan fingerprint density at radius 3 is 1.22 bits per heavy atom. The second-order valence-corrected chi connectivity index (χ2v) is 1.02. The minimum absolute atomic E-state index is 0. The average molecular weight is 319 g/mol. The van der Waals surface area contributed by atoms with E-state index >= 15 is 0 Å². The predicted molar refractivity (Wildman–Crippen MR) is 24.2 cm³/mol. The highest BCUT2D eigenvalue weighted by molar-refractivity contribution is 4.88. The molecule has 0 spiro atoms. The highest BCUT2D eigenvalue weighted by atomic mass is 79.9. The molecule has 0 aliphatic carbocycles. The number of pyridine rings is 1. The summed E-state index contributed by atoms with van der Waals surface area (Å²) in [5.74, 6) is 0. The van der Waals surface area contributed by atoms with Crippen molar-refractivity contribution in [3.63, 3.8) is 0 Å². The Bertz CT molecular complexity index is 84.1. The number of hydrogen-bond acceptors (Lipinski definition) is 1.